The minimum absolute atomic E-state index is 0.448. The summed E-state index contributed by atoms with van der Waals surface area (Å²) in [7, 11) is 0. The molecule has 0 radical (unpaired) electrons. The van der Waals surface area contributed by atoms with Gasteiger partial charge in [0.15, 0.2) is 0 Å². The highest BCUT2D eigenvalue weighted by Crippen LogP contribution is 2.25. The van der Waals surface area contributed by atoms with Gasteiger partial charge in [-0.2, -0.15) is 0 Å². The maximum absolute atomic E-state index is 6.16. The van der Waals surface area contributed by atoms with E-state index < -0.39 is 0 Å². The standard InChI is InChI=1S/C15H16ClNO/c1-10-6-7-12(13(16)8-10)9-18-15-5-3-4-14(17)11(15)2/h3-8H,9,17H2,1-2H3. The molecule has 2 nitrogen and oxygen atoms in total. The number of halogens is 1. The highest BCUT2D eigenvalue weighted by Gasteiger charge is 2.05. The fourth-order valence-electron chi connectivity index (χ4n) is 1.71. The molecule has 2 aromatic carbocycles. The molecule has 0 unspecified atom stereocenters. The van der Waals surface area contributed by atoms with Crippen molar-refractivity contribution in [2.45, 2.75) is 20.5 Å². The summed E-state index contributed by atoms with van der Waals surface area (Å²) in [6.07, 6.45) is 0. The molecule has 0 saturated heterocycles. The van der Waals surface area contributed by atoms with E-state index >= 15 is 0 Å². The van der Waals surface area contributed by atoms with E-state index in [1.807, 2.05) is 50.2 Å². The SMILES string of the molecule is Cc1ccc(COc2cccc(N)c2C)c(Cl)c1. The smallest absolute Gasteiger partial charge is 0.124 e. The second-order valence-corrected chi connectivity index (χ2v) is 4.76. The molecule has 0 atom stereocenters. The van der Waals surface area contributed by atoms with Crippen molar-refractivity contribution >= 4 is 17.3 Å². The fraction of sp³-hybridized carbons (Fsp3) is 0.200. The van der Waals surface area contributed by atoms with E-state index in [1.165, 1.54) is 0 Å². The molecule has 0 amide bonds. The summed E-state index contributed by atoms with van der Waals surface area (Å²) in [5, 5.41) is 0.733. The van der Waals surface area contributed by atoms with Crippen molar-refractivity contribution in [3.8, 4) is 5.75 Å². The van der Waals surface area contributed by atoms with E-state index in [0.717, 1.165) is 33.1 Å². The van der Waals surface area contributed by atoms with Gasteiger partial charge in [0.05, 0.1) is 0 Å². The third kappa shape index (κ3) is 2.77. The monoisotopic (exact) mass is 261 g/mol. The minimum Gasteiger partial charge on any atom is -0.489 e. The maximum atomic E-state index is 6.16. The molecule has 18 heavy (non-hydrogen) atoms. The first-order valence-corrected chi connectivity index (χ1v) is 6.18. The third-order valence-electron chi connectivity index (χ3n) is 2.92. The Morgan fingerprint density at radius 3 is 2.67 bits per heavy atom. The van der Waals surface area contributed by atoms with Gasteiger partial charge in [-0.15, -0.1) is 0 Å². The van der Waals surface area contributed by atoms with Crippen LogP contribution in [0.1, 0.15) is 16.7 Å². The summed E-state index contributed by atoms with van der Waals surface area (Å²) < 4.78 is 5.76. The molecule has 0 saturated carbocycles. The highest BCUT2D eigenvalue weighted by atomic mass is 35.5. The molecule has 0 aromatic heterocycles. The second kappa shape index (κ2) is 5.32. The van der Waals surface area contributed by atoms with Crippen LogP contribution in [0.2, 0.25) is 5.02 Å². The molecule has 0 bridgehead atoms. The first-order valence-electron chi connectivity index (χ1n) is 5.81. The maximum Gasteiger partial charge on any atom is 0.124 e. The molecule has 0 aliphatic rings. The Kier molecular flexibility index (Phi) is 3.78. The predicted molar refractivity (Wildman–Crippen MR) is 76.1 cm³/mol. The summed E-state index contributed by atoms with van der Waals surface area (Å²) in [6.45, 7) is 4.41. The van der Waals surface area contributed by atoms with Crippen LogP contribution in [-0.2, 0) is 6.61 Å². The summed E-state index contributed by atoms with van der Waals surface area (Å²) in [5.74, 6) is 0.798. The molecule has 0 aliphatic heterocycles. The Morgan fingerprint density at radius 2 is 1.94 bits per heavy atom. The van der Waals surface area contributed by atoms with Crippen molar-refractivity contribution < 1.29 is 4.74 Å². The number of anilines is 1. The molecule has 2 rings (SSSR count). The van der Waals surface area contributed by atoms with Crippen molar-refractivity contribution in [1.29, 1.82) is 0 Å². The largest absolute Gasteiger partial charge is 0.489 e. The molecule has 3 heteroatoms. The van der Waals surface area contributed by atoms with Gasteiger partial charge in [-0.1, -0.05) is 29.8 Å². The van der Waals surface area contributed by atoms with Crippen molar-refractivity contribution in [3.63, 3.8) is 0 Å². The second-order valence-electron chi connectivity index (χ2n) is 4.35. The Hall–Kier alpha value is -1.67. The zero-order valence-corrected chi connectivity index (χ0v) is 11.3. The lowest BCUT2D eigenvalue weighted by Crippen LogP contribution is -1.99. The van der Waals surface area contributed by atoms with Crippen LogP contribution in [0.15, 0.2) is 36.4 Å². The van der Waals surface area contributed by atoms with Crippen molar-refractivity contribution in [3.05, 3.63) is 58.1 Å². The third-order valence-corrected chi connectivity index (χ3v) is 3.27. The van der Waals surface area contributed by atoms with Gasteiger partial charge in [-0.3, -0.25) is 0 Å². The number of rotatable bonds is 3. The van der Waals surface area contributed by atoms with Crippen LogP contribution in [0.3, 0.4) is 0 Å². The first kappa shape index (κ1) is 12.8. The van der Waals surface area contributed by atoms with Crippen LogP contribution >= 0.6 is 11.6 Å². The molecule has 2 aromatic rings. The van der Waals surface area contributed by atoms with E-state index in [-0.39, 0.29) is 0 Å². The van der Waals surface area contributed by atoms with E-state index in [9.17, 15) is 0 Å². The molecule has 94 valence electrons. The van der Waals surface area contributed by atoms with Crippen LogP contribution in [-0.4, -0.2) is 0 Å². The Labute approximate surface area is 112 Å². The summed E-state index contributed by atoms with van der Waals surface area (Å²) in [4.78, 5) is 0. The zero-order valence-electron chi connectivity index (χ0n) is 10.5. The number of hydrogen-bond donors (Lipinski definition) is 1. The van der Waals surface area contributed by atoms with Crippen LogP contribution in [0, 0.1) is 13.8 Å². The minimum atomic E-state index is 0.448. The quantitative estimate of drug-likeness (QED) is 0.844. The van der Waals surface area contributed by atoms with Crippen LogP contribution in [0.5, 0.6) is 5.75 Å². The molecule has 0 fully saturated rings. The molecule has 2 N–H and O–H groups in total. The van der Waals surface area contributed by atoms with E-state index in [2.05, 4.69) is 0 Å². The van der Waals surface area contributed by atoms with Gasteiger partial charge in [0.2, 0.25) is 0 Å². The molecule has 0 aliphatic carbocycles. The molecular formula is C15H16ClNO. The van der Waals surface area contributed by atoms with Gasteiger partial charge in [0.1, 0.15) is 12.4 Å². The Morgan fingerprint density at radius 1 is 1.17 bits per heavy atom. The lowest BCUT2D eigenvalue weighted by molar-refractivity contribution is 0.304. The zero-order chi connectivity index (χ0) is 13.1. The lowest BCUT2D eigenvalue weighted by Gasteiger charge is -2.11. The average molecular weight is 262 g/mol. The van der Waals surface area contributed by atoms with Gasteiger partial charge in [-0.05, 0) is 37.6 Å². The summed E-state index contributed by atoms with van der Waals surface area (Å²) in [5.41, 5.74) is 9.65. The Balaban J connectivity index is 2.14. The number of benzene rings is 2. The van der Waals surface area contributed by atoms with Gasteiger partial charge >= 0.3 is 0 Å². The van der Waals surface area contributed by atoms with Gasteiger partial charge in [-0.25, -0.2) is 0 Å². The molecular weight excluding hydrogens is 246 g/mol. The van der Waals surface area contributed by atoms with E-state index in [0.29, 0.717) is 6.61 Å². The van der Waals surface area contributed by atoms with Crippen LogP contribution in [0.25, 0.3) is 0 Å². The van der Waals surface area contributed by atoms with Gasteiger partial charge in [0, 0.05) is 21.8 Å². The number of hydrogen-bond acceptors (Lipinski definition) is 2. The van der Waals surface area contributed by atoms with E-state index in [4.69, 9.17) is 22.1 Å². The van der Waals surface area contributed by atoms with Gasteiger partial charge < -0.3 is 10.5 Å². The normalized spacial score (nSPS) is 10.4. The summed E-state index contributed by atoms with van der Waals surface area (Å²) >= 11 is 6.16. The predicted octanol–water partition coefficient (Wildman–Crippen LogP) is 4.12. The molecule has 0 spiro atoms. The number of aryl methyl sites for hydroxylation is 1. The number of ether oxygens (including phenoxy) is 1. The van der Waals surface area contributed by atoms with E-state index in [1.54, 1.807) is 0 Å². The van der Waals surface area contributed by atoms with Crippen molar-refractivity contribution in [2.75, 3.05) is 5.73 Å². The van der Waals surface area contributed by atoms with Crippen LogP contribution < -0.4 is 10.5 Å². The lowest BCUT2D eigenvalue weighted by atomic mass is 10.1. The fourth-order valence-corrected chi connectivity index (χ4v) is 2.00. The molecule has 0 heterocycles. The summed E-state index contributed by atoms with van der Waals surface area (Å²) in [6, 6.07) is 11.6. The topological polar surface area (TPSA) is 35.2 Å². The van der Waals surface area contributed by atoms with Crippen molar-refractivity contribution in [1.82, 2.24) is 0 Å². The average Bonchev–Trinajstić information content (AvgIpc) is 2.33. The Bertz CT molecular complexity index is 566. The number of nitrogens with two attached hydrogens (primary N) is 1. The first-order chi connectivity index (χ1) is 8.58. The van der Waals surface area contributed by atoms with Gasteiger partial charge in [0.25, 0.3) is 0 Å². The number of nitrogen functional groups attached to an aromatic ring is 1. The highest BCUT2D eigenvalue weighted by molar-refractivity contribution is 6.31. The van der Waals surface area contributed by atoms with Crippen LogP contribution in [0.4, 0.5) is 5.69 Å². The van der Waals surface area contributed by atoms with Crippen molar-refractivity contribution in [2.24, 2.45) is 0 Å².